The number of morpholine rings is 1. The summed E-state index contributed by atoms with van der Waals surface area (Å²) in [6.07, 6.45) is 5.24. The molecular formula is C18H25ClN4O3. The van der Waals surface area contributed by atoms with Crippen LogP contribution >= 0.6 is 11.6 Å². The predicted octanol–water partition coefficient (Wildman–Crippen LogP) is 1.70. The zero-order valence-corrected chi connectivity index (χ0v) is 15.8. The zero-order valence-electron chi connectivity index (χ0n) is 15.1. The Bertz CT molecular complexity index is 740. The molecule has 2 aliphatic heterocycles. The Labute approximate surface area is 157 Å². The van der Waals surface area contributed by atoms with Crippen LogP contribution in [0.1, 0.15) is 38.6 Å². The Balaban J connectivity index is 1.53. The Hall–Kier alpha value is -1.60. The molecule has 142 valence electrons. The third-order valence-corrected chi connectivity index (χ3v) is 5.80. The van der Waals surface area contributed by atoms with Gasteiger partial charge in [-0.05, 0) is 32.6 Å². The first-order valence-electron chi connectivity index (χ1n) is 9.46. The number of hydrogen-bond donors (Lipinski definition) is 0. The summed E-state index contributed by atoms with van der Waals surface area (Å²) in [5.74, 6) is 0.940. The lowest BCUT2D eigenvalue weighted by atomic mass is 10.0. The lowest BCUT2D eigenvalue weighted by Crippen LogP contribution is -2.48. The number of ether oxygens (including phenoxy) is 1. The summed E-state index contributed by atoms with van der Waals surface area (Å²) in [4.78, 5) is 33.6. The van der Waals surface area contributed by atoms with Crippen molar-refractivity contribution in [1.82, 2.24) is 14.5 Å². The molecule has 3 heterocycles. The molecule has 0 aromatic carbocycles. The van der Waals surface area contributed by atoms with Crippen molar-refractivity contribution in [1.29, 1.82) is 0 Å². The van der Waals surface area contributed by atoms with E-state index in [1.807, 2.05) is 16.7 Å². The molecule has 2 saturated heterocycles. The van der Waals surface area contributed by atoms with Crippen LogP contribution in [0.3, 0.4) is 0 Å². The summed E-state index contributed by atoms with van der Waals surface area (Å²) in [5.41, 5.74) is -0.102. The molecule has 0 spiro atoms. The molecule has 3 aliphatic rings. The third kappa shape index (κ3) is 3.47. The van der Waals surface area contributed by atoms with E-state index in [0.29, 0.717) is 43.8 Å². The average Bonchev–Trinajstić information content (AvgIpc) is 3.49. The second-order valence-electron chi connectivity index (χ2n) is 7.55. The number of anilines is 1. The standard InChI is InChI=1S/C18H25ClN4O3/c1-12-11-26-9-8-22(12)16-18(25)23(10-15(19)20-16)14-4-6-21(7-5-14)17(24)13-2-3-13/h10,12-14H,2-9,11H2,1H3. The van der Waals surface area contributed by atoms with Gasteiger partial charge in [-0.25, -0.2) is 4.98 Å². The summed E-state index contributed by atoms with van der Waals surface area (Å²) >= 11 is 6.24. The van der Waals surface area contributed by atoms with E-state index in [0.717, 1.165) is 25.7 Å². The van der Waals surface area contributed by atoms with Crippen molar-refractivity contribution in [3.05, 3.63) is 21.7 Å². The van der Waals surface area contributed by atoms with Crippen LogP contribution in [0.4, 0.5) is 5.82 Å². The maximum atomic E-state index is 13.1. The van der Waals surface area contributed by atoms with E-state index < -0.39 is 0 Å². The first-order valence-corrected chi connectivity index (χ1v) is 9.84. The van der Waals surface area contributed by atoms with Gasteiger partial charge in [0, 0.05) is 37.8 Å². The molecule has 3 fully saturated rings. The summed E-state index contributed by atoms with van der Waals surface area (Å²) in [7, 11) is 0. The highest BCUT2D eigenvalue weighted by Crippen LogP contribution is 2.33. The number of halogens is 1. The zero-order chi connectivity index (χ0) is 18.3. The maximum absolute atomic E-state index is 13.1. The van der Waals surface area contributed by atoms with Gasteiger partial charge >= 0.3 is 0 Å². The van der Waals surface area contributed by atoms with E-state index in [1.54, 1.807) is 10.8 Å². The van der Waals surface area contributed by atoms with E-state index >= 15 is 0 Å². The monoisotopic (exact) mass is 380 g/mol. The van der Waals surface area contributed by atoms with Gasteiger partial charge in [0.15, 0.2) is 5.82 Å². The molecule has 0 N–H and O–H groups in total. The molecule has 1 aromatic rings. The number of piperidine rings is 1. The third-order valence-electron chi connectivity index (χ3n) is 5.62. The molecule has 8 heteroatoms. The number of hydrogen-bond acceptors (Lipinski definition) is 5. The molecule has 1 aromatic heterocycles. The van der Waals surface area contributed by atoms with Crippen LogP contribution in [0, 0.1) is 5.92 Å². The topological polar surface area (TPSA) is 67.7 Å². The highest BCUT2D eigenvalue weighted by atomic mass is 35.5. The molecule has 1 atom stereocenters. The largest absolute Gasteiger partial charge is 0.377 e. The van der Waals surface area contributed by atoms with Crippen LogP contribution < -0.4 is 10.5 Å². The molecule has 1 unspecified atom stereocenters. The molecule has 7 nitrogen and oxygen atoms in total. The number of amides is 1. The van der Waals surface area contributed by atoms with E-state index in [9.17, 15) is 9.59 Å². The van der Waals surface area contributed by atoms with Gasteiger partial charge in [0.2, 0.25) is 5.91 Å². The Kier molecular flexibility index (Phi) is 4.92. The van der Waals surface area contributed by atoms with Crippen molar-refractivity contribution < 1.29 is 9.53 Å². The van der Waals surface area contributed by atoms with Crippen molar-refractivity contribution in [3.8, 4) is 0 Å². The highest BCUT2D eigenvalue weighted by Gasteiger charge is 2.35. The van der Waals surface area contributed by atoms with Crippen molar-refractivity contribution >= 4 is 23.3 Å². The van der Waals surface area contributed by atoms with Gasteiger partial charge in [0.1, 0.15) is 5.15 Å². The minimum atomic E-state index is -0.102. The lowest BCUT2D eigenvalue weighted by molar-refractivity contribution is -0.133. The SMILES string of the molecule is CC1COCCN1c1nc(Cl)cn(C2CCN(C(=O)C3CC3)CC2)c1=O. The Morgan fingerprint density at radius 3 is 2.62 bits per heavy atom. The molecule has 0 bridgehead atoms. The first kappa shape index (κ1) is 17.8. The number of likely N-dealkylation sites (tertiary alicyclic amines) is 1. The fourth-order valence-electron chi connectivity index (χ4n) is 3.92. The van der Waals surface area contributed by atoms with Crippen molar-refractivity contribution in [3.63, 3.8) is 0 Å². The number of aromatic nitrogens is 2. The number of nitrogens with zero attached hydrogens (tertiary/aromatic N) is 4. The Morgan fingerprint density at radius 2 is 1.96 bits per heavy atom. The molecule has 4 rings (SSSR count). The van der Waals surface area contributed by atoms with E-state index in [2.05, 4.69) is 4.98 Å². The first-order chi connectivity index (χ1) is 12.5. The van der Waals surface area contributed by atoms with Gasteiger partial charge in [-0.2, -0.15) is 0 Å². The molecule has 0 radical (unpaired) electrons. The molecule has 1 amide bonds. The van der Waals surface area contributed by atoms with E-state index in [-0.39, 0.29) is 29.5 Å². The maximum Gasteiger partial charge on any atom is 0.293 e. The highest BCUT2D eigenvalue weighted by molar-refractivity contribution is 6.29. The van der Waals surface area contributed by atoms with Crippen LogP contribution in [0.15, 0.2) is 11.0 Å². The summed E-state index contributed by atoms with van der Waals surface area (Å²) in [6.45, 7) is 5.23. The summed E-state index contributed by atoms with van der Waals surface area (Å²) in [5, 5.41) is 0.328. The lowest BCUT2D eigenvalue weighted by Gasteiger charge is -2.35. The number of carbonyl (C=O) groups is 1. The minimum Gasteiger partial charge on any atom is -0.377 e. The van der Waals surface area contributed by atoms with Gasteiger partial charge in [0.25, 0.3) is 5.56 Å². The van der Waals surface area contributed by atoms with Crippen LogP contribution in [0.5, 0.6) is 0 Å². The summed E-state index contributed by atoms with van der Waals surface area (Å²) < 4.78 is 7.19. The van der Waals surface area contributed by atoms with Crippen molar-refractivity contribution in [2.75, 3.05) is 37.7 Å². The minimum absolute atomic E-state index is 0.0568. The fourth-order valence-corrected chi connectivity index (χ4v) is 4.10. The summed E-state index contributed by atoms with van der Waals surface area (Å²) in [6, 6.07) is 0.148. The second kappa shape index (κ2) is 7.19. The van der Waals surface area contributed by atoms with Crippen LogP contribution in [-0.2, 0) is 9.53 Å². The number of carbonyl (C=O) groups excluding carboxylic acids is 1. The van der Waals surface area contributed by atoms with Crippen LogP contribution in [0.25, 0.3) is 0 Å². The van der Waals surface area contributed by atoms with Crippen LogP contribution in [-0.4, -0.2) is 59.2 Å². The second-order valence-corrected chi connectivity index (χ2v) is 7.93. The van der Waals surface area contributed by atoms with Gasteiger partial charge in [-0.15, -0.1) is 0 Å². The van der Waals surface area contributed by atoms with Crippen molar-refractivity contribution in [2.24, 2.45) is 5.92 Å². The van der Waals surface area contributed by atoms with E-state index in [4.69, 9.17) is 16.3 Å². The molecule has 1 aliphatic carbocycles. The van der Waals surface area contributed by atoms with E-state index in [1.165, 1.54) is 0 Å². The fraction of sp³-hybridized carbons (Fsp3) is 0.722. The van der Waals surface area contributed by atoms with Gasteiger partial charge in [-0.3, -0.25) is 9.59 Å². The quantitative estimate of drug-likeness (QED) is 0.798. The van der Waals surface area contributed by atoms with Gasteiger partial charge in [0.05, 0.1) is 19.3 Å². The van der Waals surface area contributed by atoms with Gasteiger partial charge in [-0.1, -0.05) is 11.6 Å². The smallest absolute Gasteiger partial charge is 0.293 e. The van der Waals surface area contributed by atoms with Gasteiger partial charge < -0.3 is 19.1 Å². The number of rotatable bonds is 3. The molecule has 1 saturated carbocycles. The predicted molar refractivity (Wildman–Crippen MR) is 98.7 cm³/mol. The Morgan fingerprint density at radius 1 is 1.23 bits per heavy atom. The molecular weight excluding hydrogens is 356 g/mol. The molecule has 26 heavy (non-hydrogen) atoms. The normalized spacial score (nSPS) is 24.8. The van der Waals surface area contributed by atoms with Crippen molar-refractivity contribution in [2.45, 2.75) is 44.7 Å². The van der Waals surface area contributed by atoms with Crippen LogP contribution in [0.2, 0.25) is 5.15 Å². The average molecular weight is 381 g/mol.